The fraction of sp³-hybridized carbons (Fsp3) is 0.167. The maximum absolute atomic E-state index is 5.14. The largest absolute Gasteiger partial charge is 0.497 e. The Labute approximate surface area is 113 Å². The van der Waals surface area contributed by atoms with Crippen molar-refractivity contribution in [3.63, 3.8) is 0 Å². The molecule has 0 unspecified atom stereocenters. The van der Waals surface area contributed by atoms with E-state index in [9.17, 15) is 0 Å². The maximum Gasteiger partial charge on any atom is 0.213 e. The number of imidazole rings is 1. The average molecular weight is 277 g/mol. The predicted molar refractivity (Wildman–Crippen MR) is 74.6 cm³/mol. The third-order valence-electron chi connectivity index (χ3n) is 2.59. The molecule has 0 bridgehead atoms. The van der Waals surface area contributed by atoms with Crippen LogP contribution in [0.5, 0.6) is 5.75 Å². The normalized spacial score (nSPS) is 11.0. The number of aromatic nitrogens is 3. The van der Waals surface area contributed by atoms with Crippen molar-refractivity contribution in [2.24, 2.45) is 0 Å². The number of thioether (sulfide) groups is 1. The van der Waals surface area contributed by atoms with Crippen LogP contribution in [-0.2, 0) is 0 Å². The van der Waals surface area contributed by atoms with Crippen molar-refractivity contribution in [3.05, 3.63) is 30.5 Å². The molecule has 2 heterocycles. The molecule has 0 radical (unpaired) electrons. The van der Waals surface area contributed by atoms with E-state index < -0.39 is 0 Å². The highest BCUT2D eigenvalue weighted by molar-refractivity contribution is 8.00. The maximum atomic E-state index is 5.14. The van der Waals surface area contributed by atoms with E-state index in [1.165, 1.54) is 0 Å². The first-order valence-corrected chi connectivity index (χ1v) is 7.39. The van der Waals surface area contributed by atoms with Gasteiger partial charge in [-0.2, -0.15) is 0 Å². The minimum atomic E-state index is 0.850. The zero-order chi connectivity index (χ0) is 12.5. The van der Waals surface area contributed by atoms with E-state index in [1.54, 1.807) is 30.2 Å². The molecule has 18 heavy (non-hydrogen) atoms. The van der Waals surface area contributed by atoms with Gasteiger partial charge in [-0.3, -0.25) is 0 Å². The number of hydrogen-bond donors (Lipinski definition) is 0. The van der Waals surface area contributed by atoms with E-state index in [1.807, 2.05) is 41.2 Å². The molecule has 0 atom stereocenters. The molecule has 0 amide bonds. The van der Waals surface area contributed by atoms with Crippen molar-refractivity contribution in [1.29, 1.82) is 0 Å². The van der Waals surface area contributed by atoms with Crippen LogP contribution < -0.4 is 4.74 Å². The minimum Gasteiger partial charge on any atom is -0.497 e. The van der Waals surface area contributed by atoms with Crippen LogP contribution in [0.3, 0.4) is 0 Å². The van der Waals surface area contributed by atoms with Gasteiger partial charge >= 0.3 is 0 Å². The lowest BCUT2D eigenvalue weighted by Crippen LogP contribution is -1.83. The Morgan fingerprint density at radius 1 is 1.28 bits per heavy atom. The highest BCUT2D eigenvalue weighted by atomic mass is 32.2. The van der Waals surface area contributed by atoms with Gasteiger partial charge in [0.15, 0.2) is 4.34 Å². The first kappa shape index (κ1) is 11.6. The first-order valence-electron chi connectivity index (χ1n) is 5.35. The lowest BCUT2D eigenvalue weighted by molar-refractivity contribution is 0.415. The molecule has 0 aliphatic carbocycles. The summed E-state index contributed by atoms with van der Waals surface area (Å²) in [5, 5.41) is 4.42. The van der Waals surface area contributed by atoms with Crippen LogP contribution in [0.15, 0.2) is 34.8 Å². The van der Waals surface area contributed by atoms with Crippen LogP contribution in [0.25, 0.3) is 16.2 Å². The quantitative estimate of drug-likeness (QED) is 0.689. The Kier molecular flexibility index (Phi) is 2.97. The van der Waals surface area contributed by atoms with Gasteiger partial charge < -0.3 is 4.74 Å². The number of benzene rings is 1. The zero-order valence-corrected chi connectivity index (χ0v) is 11.6. The number of methoxy groups -OCH3 is 1. The van der Waals surface area contributed by atoms with Gasteiger partial charge in [0.2, 0.25) is 4.96 Å². The fourth-order valence-electron chi connectivity index (χ4n) is 1.67. The zero-order valence-electron chi connectivity index (χ0n) is 9.95. The molecule has 1 aromatic carbocycles. The lowest BCUT2D eigenvalue weighted by atomic mass is 10.2. The Morgan fingerprint density at radius 3 is 2.67 bits per heavy atom. The molecule has 0 fully saturated rings. The third kappa shape index (κ3) is 1.97. The summed E-state index contributed by atoms with van der Waals surface area (Å²) >= 11 is 3.24. The van der Waals surface area contributed by atoms with Crippen LogP contribution in [0.1, 0.15) is 0 Å². The molecular weight excluding hydrogens is 266 g/mol. The highest BCUT2D eigenvalue weighted by Crippen LogP contribution is 2.26. The molecule has 0 saturated carbocycles. The Balaban J connectivity index is 1.99. The number of fused-ring (bicyclic) bond motifs is 1. The Morgan fingerprint density at radius 2 is 2.06 bits per heavy atom. The van der Waals surface area contributed by atoms with Crippen LogP contribution >= 0.6 is 23.1 Å². The van der Waals surface area contributed by atoms with Crippen molar-refractivity contribution >= 4 is 28.1 Å². The second-order valence-corrected chi connectivity index (χ2v) is 5.66. The number of nitrogens with zero attached hydrogens (tertiary/aromatic N) is 3. The van der Waals surface area contributed by atoms with Gasteiger partial charge in [-0.1, -0.05) is 23.1 Å². The second-order valence-electron chi connectivity index (χ2n) is 3.65. The number of rotatable bonds is 3. The molecule has 92 valence electrons. The third-order valence-corrected chi connectivity index (χ3v) is 4.48. The van der Waals surface area contributed by atoms with E-state index in [-0.39, 0.29) is 0 Å². The average Bonchev–Trinajstić information content (AvgIpc) is 2.96. The van der Waals surface area contributed by atoms with Gasteiger partial charge in [-0.05, 0) is 30.5 Å². The molecule has 0 N–H and O–H groups in total. The molecule has 2 aromatic heterocycles. The summed E-state index contributed by atoms with van der Waals surface area (Å²) in [4.78, 5) is 5.49. The molecule has 0 aliphatic rings. The molecule has 4 nitrogen and oxygen atoms in total. The van der Waals surface area contributed by atoms with Gasteiger partial charge in [-0.15, -0.1) is 5.10 Å². The monoisotopic (exact) mass is 277 g/mol. The Hall–Kier alpha value is -1.53. The van der Waals surface area contributed by atoms with Crippen molar-refractivity contribution in [3.8, 4) is 17.0 Å². The summed E-state index contributed by atoms with van der Waals surface area (Å²) < 4.78 is 8.00. The summed E-state index contributed by atoms with van der Waals surface area (Å²) in [6.07, 6.45) is 3.97. The van der Waals surface area contributed by atoms with E-state index in [2.05, 4.69) is 10.1 Å². The lowest BCUT2D eigenvalue weighted by Gasteiger charge is -2.00. The standard InChI is InChI=1S/C12H11N3OS2/c1-16-9-5-3-8(4-6-9)10-7-15-11(13-10)18-12(14-15)17-2/h3-7H,1-2H3. The fourth-order valence-corrected chi connectivity index (χ4v) is 3.01. The van der Waals surface area contributed by atoms with E-state index in [4.69, 9.17) is 4.74 Å². The van der Waals surface area contributed by atoms with Crippen molar-refractivity contribution in [2.45, 2.75) is 4.34 Å². The smallest absolute Gasteiger partial charge is 0.213 e. The van der Waals surface area contributed by atoms with Gasteiger partial charge in [-0.25, -0.2) is 9.50 Å². The summed E-state index contributed by atoms with van der Waals surface area (Å²) in [5.74, 6) is 0.850. The second kappa shape index (κ2) is 4.62. The summed E-state index contributed by atoms with van der Waals surface area (Å²) in [6, 6.07) is 7.87. The van der Waals surface area contributed by atoms with Crippen LogP contribution in [0.4, 0.5) is 0 Å². The highest BCUT2D eigenvalue weighted by Gasteiger charge is 2.09. The molecule has 0 saturated heterocycles. The molecule has 3 rings (SSSR count). The van der Waals surface area contributed by atoms with E-state index in [0.29, 0.717) is 0 Å². The SMILES string of the molecule is COc1ccc(-c2cn3nc(SC)sc3n2)cc1. The van der Waals surface area contributed by atoms with Crippen molar-refractivity contribution < 1.29 is 4.74 Å². The number of ether oxygens (including phenoxy) is 1. The van der Waals surface area contributed by atoms with Crippen molar-refractivity contribution in [2.75, 3.05) is 13.4 Å². The minimum absolute atomic E-state index is 0.850. The topological polar surface area (TPSA) is 39.4 Å². The summed E-state index contributed by atoms with van der Waals surface area (Å²) in [7, 11) is 1.66. The van der Waals surface area contributed by atoms with Gasteiger partial charge in [0.25, 0.3) is 0 Å². The Bertz CT molecular complexity index is 641. The van der Waals surface area contributed by atoms with Gasteiger partial charge in [0.05, 0.1) is 19.0 Å². The summed E-state index contributed by atoms with van der Waals surface area (Å²) in [6.45, 7) is 0. The predicted octanol–water partition coefficient (Wildman–Crippen LogP) is 3.19. The first-order chi connectivity index (χ1) is 8.80. The molecule has 0 aliphatic heterocycles. The van der Waals surface area contributed by atoms with Crippen molar-refractivity contribution in [1.82, 2.24) is 14.6 Å². The van der Waals surface area contributed by atoms with E-state index >= 15 is 0 Å². The number of hydrogen-bond acceptors (Lipinski definition) is 5. The van der Waals surface area contributed by atoms with Crippen LogP contribution in [0.2, 0.25) is 0 Å². The van der Waals surface area contributed by atoms with Gasteiger partial charge in [0.1, 0.15) is 5.75 Å². The molecular formula is C12H11N3OS2. The molecule has 6 heteroatoms. The van der Waals surface area contributed by atoms with Crippen LogP contribution in [0, 0.1) is 0 Å². The summed E-state index contributed by atoms with van der Waals surface area (Å²) in [5.41, 5.74) is 2.00. The van der Waals surface area contributed by atoms with E-state index in [0.717, 1.165) is 26.3 Å². The molecule has 3 aromatic rings. The molecule has 0 spiro atoms. The van der Waals surface area contributed by atoms with Crippen LogP contribution in [-0.4, -0.2) is 28.0 Å². The van der Waals surface area contributed by atoms with Gasteiger partial charge in [0, 0.05) is 5.56 Å².